The molecule has 0 aliphatic carbocycles. The zero-order valence-electron chi connectivity index (χ0n) is 15.7. The molecule has 5 heterocycles. The van der Waals surface area contributed by atoms with Gasteiger partial charge in [-0.05, 0) is 6.92 Å². The van der Waals surface area contributed by atoms with Crippen molar-refractivity contribution in [2.24, 2.45) is 10.2 Å². The van der Waals surface area contributed by atoms with E-state index in [-0.39, 0.29) is 11.1 Å². The van der Waals surface area contributed by atoms with Crippen LogP contribution in [0.3, 0.4) is 0 Å². The lowest BCUT2D eigenvalue weighted by Gasteiger charge is -2.21. The lowest BCUT2D eigenvalue weighted by atomic mass is 9.96. The molecule has 1 saturated heterocycles. The van der Waals surface area contributed by atoms with E-state index in [1.807, 2.05) is 6.92 Å². The number of hydrogen-bond donors (Lipinski definition) is 0. The highest BCUT2D eigenvalue weighted by Crippen LogP contribution is 2.40. The maximum Gasteiger partial charge on any atom is 0.209 e. The van der Waals surface area contributed by atoms with Gasteiger partial charge in [-0.3, -0.25) is 0 Å². The average molecular weight is 368 g/mol. The highest BCUT2D eigenvalue weighted by atomic mass is 16.6. The molecule has 0 N–H and O–H groups in total. The molecule has 3 aromatic rings. The van der Waals surface area contributed by atoms with Crippen molar-refractivity contribution in [1.82, 2.24) is 35.3 Å². The first-order chi connectivity index (χ1) is 12.8. The van der Waals surface area contributed by atoms with Gasteiger partial charge in [-0.25, -0.2) is 19.3 Å². The van der Waals surface area contributed by atoms with Crippen LogP contribution >= 0.6 is 0 Å². The Morgan fingerprint density at radius 1 is 1.15 bits per heavy atom. The van der Waals surface area contributed by atoms with Crippen LogP contribution in [0.4, 0.5) is 5.82 Å². The number of aryl methyl sites for hydroxylation is 1. The Kier molecular flexibility index (Phi) is 3.16. The third kappa shape index (κ3) is 2.64. The summed E-state index contributed by atoms with van der Waals surface area (Å²) in [7, 11) is 0. The topological polar surface area (TPSA) is 123 Å². The molecule has 5 rings (SSSR count). The van der Waals surface area contributed by atoms with Gasteiger partial charge in [0.25, 0.3) is 0 Å². The van der Waals surface area contributed by atoms with Gasteiger partial charge in [0.2, 0.25) is 5.66 Å². The summed E-state index contributed by atoms with van der Waals surface area (Å²) in [5, 5.41) is 24.8. The lowest BCUT2D eigenvalue weighted by molar-refractivity contribution is 0.300. The van der Waals surface area contributed by atoms with Gasteiger partial charge in [-0.2, -0.15) is 10.2 Å². The molecule has 27 heavy (non-hydrogen) atoms. The van der Waals surface area contributed by atoms with Crippen LogP contribution in [0.25, 0.3) is 11.2 Å². The van der Waals surface area contributed by atoms with E-state index in [0.717, 1.165) is 36.8 Å². The average Bonchev–Trinajstić information content (AvgIpc) is 2.94. The molecule has 11 nitrogen and oxygen atoms in total. The van der Waals surface area contributed by atoms with Crippen LogP contribution < -0.4 is 4.90 Å². The van der Waals surface area contributed by atoms with Gasteiger partial charge in [0.15, 0.2) is 17.0 Å². The predicted octanol–water partition coefficient (Wildman–Crippen LogP) is 1.63. The van der Waals surface area contributed by atoms with Crippen molar-refractivity contribution in [3.8, 4) is 0 Å². The van der Waals surface area contributed by atoms with Gasteiger partial charge in [0.1, 0.15) is 17.2 Å². The summed E-state index contributed by atoms with van der Waals surface area (Å²) in [6.07, 6.45) is 0.904. The van der Waals surface area contributed by atoms with Crippen molar-refractivity contribution in [2.45, 2.75) is 51.7 Å². The fourth-order valence-electron chi connectivity index (χ4n) is 3.23. The Morgan fingerprint density at radius 3 is 2.59 bits per heavy atom. The zero-order chi connectivity index (χ0) is 18.8. The van der Waals surface area contributed by atoms with Crippen molar-refractivity contribution >= 4 is 17.0 Å². The fourth-order valence-corrected chi connectivity index (χ4v) is 3.23. The fraction of sp³-hybridized carbons (Fsp3) is 0.625. The molecule has 0 atom stereocenters. The van der Waals surface area contributed by atoms with Crippen molar-refractivity contribution in [1.29, 1.82) is 0 Å². The minimum atomic E-state index is -0.237. The van der Waals surface area contributed by atoms with Crippen molar-refractivity contribution in [3.63, 3.8) is 0 Å². The minimum absolute atomic E-state index is 0.213. The second-order valence-electron chi connectivity index (χ2n) is 8.19. The van der Waals surface area contributed by atoms with Gasteiger partial charge in [-0.1, -0.05) is 36.3 Å². The van der Waals surface area contributed by atoms with Gasteiger partial charge in [-0.15, -0.1) is 5.10 Å². The van der Waals surface area contributed by atoms with E-state index in [0.29, 0.717) is 23.4 Å². The quantitative estimate of drug-likeness (QED) is 0.683. The van der Waals surface area contributed by atoms with Crippen LogP contribution in [-0.4, -0.2) is 54.0 Å². The van der Waals surface area contributed by atoms with E-state index < -0.39 is 0 Å². The molecule has 0 bridgehead atoms. The third-order valence-corrected chi connectivity index (χ3v) is 4.97. The molecular weight excluding hydrogens is 348 g/mol. The Hall–Kier alpha value is -2.98. The second kappa shape index (κ2) is 5.27. The summed E-state index contributed by atoms with van der Waals surface area (Å²) >= 11 is 0. The SMILES string of the molecule is Cc1nonc1Cn1nnc2c(N3CCC4(C3)N=N4)nc(C(C)(C)C)nc21. The summed E-state index contributed by atoms with van der Waals surface area (Å²) in [6.45, 7) is 10.1. The molecule has 0 aromatic carbocycles. The molecule has 2 aliphatic rings. The largest absolute Gasteiger partial charge is 0.350 e. The second-order valence-corrected chi connectivity index (χ2v) is 8.19. The normalized spacial score (nSPS) is 18.1. The highest BCUT2D eigenvalue weighted by Gasteiger charge is 2.47. The van der Waals surface area contributed by atoms with E-state index in [2.05, 4.69) is 56.5 Å². The highest BCUT2D eigenvalue weighted by molar-refractivity contribution is 5.83. The van der Waals surface area contributed by atoms with Crippen molar-refractivity contribution in [3.05, 3.63) is 17.2 Å². The summed E-state index contributed by atoms with van der Waals surface area (Å²) in [5.41, 5.74) is 2.33. The zero-order valence-corrected chi connectivity index (χ0v) is 15.7. The first-order valence-corrected chi connectivity index (χ1v) is 8.93. The minimum Gasteiger partial charge on any atom is -0.350 e. The van der Waals surface area contributed by atoms with E-state index in [4.69, 9.17) is 14.6 Å². The van der Waals surface area contributed by atoms with Crippen LogP contribution in [0.2, 0.25) is 0 Å². The number of fused-ring (bicyclic) bond motifs is 1. The van der Waals surface area contributed by atoms with Gasteiger partial charge in [0.05, 0.1) is 13.1 Å². The summed E-state index contributed by atoms with van der Waals surface area (Å²) < 4.78 is 6.52. The maximum atomic E-state index is 4.84. The Balaban J connectivity index is 1.62. The number of rotatable bonds is 3. The molecule has 0 saturated carbocycles. The summed E-state index contributed by atoms with van der Waals surface area (Å²) in [5.74, 6) is 1.54. The molecular formula is C16H20N10O. The monoisotopic (exact) mass is 368 g/mol. The molecule has 0 unspecified atom stereocenters. The van der Waals surface area contributed by atoms with Crippen LogP contribution in [-0.2, 0) is 12.0 Å². The predicted molar refractivity (Wildman–Crippen MR) is 94.4 cm³/mol. The number of aromatic nitrogens is 7. The first-order valence-electron chi connectivity index (χ1n) is 8.93. The maximum absolute atomic E-state index is 4.84. The van der Waals surface area contributed by atoms with Gasteiger partial charge >= 0.3 is 0 Å². The van der Waals surface area contributed by atoms with E-state index in [1.54, 1.807) is 4.68 Å². The van der Waals surface area contributed by atoms with E-state index in [1.165, 1.54) is 0 Å². The van der Waals surface area contributed by atoms with Crippen molar-refractivity contribution in [2.75, 3.05) is 18.0 Å². The Bertz CT molecular complexity index is 1050. The van der Waals surface area contributed by atoms with Crippen LogP contribution in [0.5, 0.6) is 0 Å². The Labute approximate surface area is 154 Å². The molecule has 140 valence electrons. The summed E-state index contributed by atoms with van der Waals surface area (Å²) in [4.78, 5) is 11.8. The van der Waals surface area contributed by atoms with E-state index >= 15 is 0 Å². The van der Waals surface area contributed by atoms with Gasteiger partial charge < -0.3 is 4.90 Å². The first kappa shape index (κ1) is 16.2. The van der Waals surface area contributed by atoms with Crippen LogP contribution in [0, 0.1) is 6.92 Å². The number of nitrogens with zero attached hydrogens (tertiary/aromatic N) is 10. The molecule has 11 heteroatoms. The smallest absolute Gasteiger partial charge is 0.209 e. The molecule has 0 amide bonds. The molecule has 3 aromatic heterocycles. The van der Waals surface area contributed by atoms with E-state index in [9.17, 15) is 0 Å². The molecule has 0 radical (unpaired) electrons. The van der Waals surface area contributed by atoms with Crippen LogP contribution in [0.15, 0.2) is 14.9 Å². The molecule has 1 fully saturated rings. The standard InChI is InChI=1S/C16H20N10O/c1-9-10(21-27-20-9)7-26-13-11(19-24-26)12(17-14(18-13)15(2,3)4)25-6-5-16(8-25)22-23-16/h5-8H2,1-4H3. The Morgan fingerprint density at radius 2 is 1.96 bits per heavy atom. The lowest BCUT2D eigenvalue weighted by Crippen LogP contribution is -2.26. The summed E-state index contributed by atoms with van der Waals surface area (Å²) in [6, 6.07) is 0. The molecule has 1 spiro atoms. The van der Waals surface area contributed by atoms with Crippen LogP contribution in [0.1, 0.15) is 44.4 Å². The third-order valence-electron chi connectivity index (χ3n) is 4.97. The van der Waals surface area contributed by atoms with Gasteiger partial charge in [0, 0.05) is 18.4 Å². The van der Waals surface area contributed by atoms with Crippen molar-refractivity contribution < 1.29 is 4.63 Å². The number of hydrogen-bond acceptors (Lipinski definition) is 10. The number of anilines is 1. The molecule has 2 aliphatic heterocycles.